The van der Waals surface area contributed by atoms with Gasteiger partial charge in [-0.05, 0) is 46.2 Å². The van der Waals surface area contributed by atoms with Gasteiger partial charge in [0, 0.05) is 0 Å². The summed E-state index contributed by atoms with van der Waals surface area (Å²) in [5, 5.41) is 16.3. The van der Waals surface area contributed by atoms with Crippen molar-refractivity contribution >= 4 is 42.1 Å². The van der Waals surface area contributed by atoms with E-state index in [1.165, 1.54) is 10.8 Å². The predicted octanol–water partition coefficient (Wildman–Crippen LogP) is 6.31. The summed E-state index contributed by atoms with van der Waals surface area (Å²) in [5.41, 5.74) is 1.65. The van der Waals surface area contributed by atoms with Crippen molar-refractivity contribution in [3.63, 3.8) is 0 Å². The normalized spacial score (nSPS) is 11.6. The van der Waals surface area contributed by atoms with Crippen LogP contribution in [0.4, 0.5) is 5.69 Å². The molecule has 0 fully saturated rings. The third kappa shape index (κ3) is 4.36. The second kappa shape index (κ2) is 9.12. The maximum atomic E-state index is 10.8. The van der Waals surface area contributed by atoms with Gasteiger partial charge in [-0.3, -0.25) is 9.36 Å². The molecule has 0 radical (unpaired) electrons. The highest BCUT2D eigenvalue weighted by atomic mass is 31.1. The fourth-order valence-corrected chi connectivity index (χ4v) is 3.42. The quantitative estimate of drug-likeness (QED) is 0.244. The molecule has 1 atom stereocenters. The fourth-order valence-electron chi connectivity index (χ4n) is 3.08. The molecule has 4 aromatic rings. The minimum atomic E-state index is 0.0705. The Bertz CT molecular complexity index is 1120. The van der Waals surface area contributed by atoms with Crippen LogP contribution in [0.5, 0.6) is 5.75 Å². The van der Waals surface area contributed by atoms with Gasteiger partial charge in [0.1, 0.15) is 5.75 Å². The summed E-state index contributed by atoms with van der Waals surface area (Å²) in [6, 6.07) is 25.3. The minimum absolute atomic E-state index is 0.0705. The smallest absolute Gasteiger partial charge is 0.211 e. The lowest BCUT2D eigenvalue weighted by atomic mass is 10.0. The van der Waals surface area contributed by atoms with Crippen molar-refractivity contribution in [1.82, 2.24) is 0 Å². The highest BCUT2D eigenvalue weighted by Gasteiger charge is 2.07. The Morgan fingerprint density at radius 3 is 2.18 bits per heavy atom. The van der Waals surface area contributed by atoms with Gasteiger partial charge >= 0.3 is 0 Å². The van der Waals surface area contributed by atoms with Crippen LogP contribution in [0, 0.1) is 0 Å². The van der Waals surface area contributed by atoms with Crippen LogP contribution >= 0.6 is 8.46 Å². The van der Waals surface area contributed by atoms with Crippen molar-refractivity contribution in [2.24, 2.45) is 0 Å². The summed E-state index contributed by atoms with van der Waals surface area (Å²) in [7, 11) is 0.182. The number of fused-ring (bicyclic) bond motifs is 2. The zero-order chi connectivity index (χ0) is 19.9. The van der Waals surface area contributed by atoms with Crippen LogP contribution in [0.3, 0.4) is 0 Å². The van der Waals surface area contributed by atoms with E-state index in [4.69, 9.17) is 0 Å². The summed E-state index contributed by atoms with van der Waals surface area (Å²) in [6.07, 6.45) is 0.545. The van der Waals surface area contributed by atoms with Crippen LogP contribution in [0.15, 0.2) is 78.9 Å². The lowest BCUT2D eigenvalue weighted by Crippen LogP contribution is -1.93. The molecule has 0 aliphatic carbocycles. The molecular weight excluding hydrogens is 369 g/mol. The molecule has 1 unspecified atom stereocenters. The Morgan fingerprint density at radius 2 is 1.50 bits per heavy atom. The number of carbonyl (C=O) groups is 1. The minimum Gasteiger partial charge on any atom is -0.506 e. The summed E-state index contributed by atoms with van der Waals surface area (Å²) in [6.45, 7) is 1.97. The first-order valence-electron chi connectivity index (χ1n) is 8.86. The standard InChI is InChI=1S/C12H11OP.C11H9NO2/c1-9(14-13)11-8-4-6-10-5-2-3-7-12(10)11;13-7-12-10-5-8-3-1-2-4-9(8)6-11(10)14/h2-9H,1H3;1-7,14H,(H,12,13). The van der Waals surface area contributed by atoms with E-state index < -0.39 is 0 Å². The van der Waals surface area contributed by atoms with Crippen molar-refractivity contribution in [2.75, 3.05) is 5.32 Å². The Balaban J connectivity index is 0.000000161. The maximum absolute atomic E-state index is 10.8. The number of aromatic hydroxyl groups is 1. The molecule has 0 saturated heterocycles. The lowest BCUT2D eigenvalue weighted by molar-refractivity contribution is -0.105. The number of hydrogen-bond donors (Lipinski definition) is 2. The van der Waals surface area contributed by atoms with Crippen LogP contribution in [-0.4, -0.2) is 11.5 Å². The second-order valence-electron chi connectivity index (χ2n) is 6.33. The highest BCUT2D eigenvalue weighted by molar-refractivity contribution is 7.24. The molecule has 2 N–H and O–H groups in total. The van der Waals surface area contributed by atoms with E-state index in [1.807, 2.05) is 55.5 Å². The molecule has 0 spiro atoms. The fraction of sp³-hybridized carbons (Fsp3) is 0.0870. The van der Waals surface area contributed by atoms with E-state index in [0.717, 1.165) is 16.3 Å². The summed E-state index contributed by atoms with van der Waals surface area (Å²) in [4.78, 5) is 10.2. The van der Waals surface area contributed by atoms with Gasteiger partial charge in [0.2, 0.25) is 6.41 Å². The van der Waals surface area contributed by atoms with Gasteiger partial charge in [-0.25, -0.2) is 0 Å². The molecule has 4 aromatic carbocycles. The molecule has 0 aromatic heterocycles. The Labute approximate surface area is 165 Å². The van der Waals surface area contributed by atoms with Crippen LogP contribution in [0.1, 0.15) is 18.1 Å². The van der Waals surface area contributed by atoms with Crippen LogP contribution in [0.2, 0.25) is 0 Å². The van der Waals surface area contributed by atoms with E-state index in [2.05, 4.69) is 23.5 Å². The number of phenols is 1. The van der Waals surface area contributed by atoms with Gasteiger partial charge in [0.05, 0.1) is 11.3 Å². The molecule has 0 aliphatic heterocycles. The van der Waals surface area contributed by atoms with Crippen LogP contribution in [0.25, 0.3) is 21.5 Å². The summed E-state index contributed by atoms with van der Waals surface area (Å²) in [5.74, 6) is 0.0794. The highest BCUT2D eigenvalue weighted by Crippen LogP contribution is 2.31. The molecule has 1 amide bonds. The zero-order valence-electron chi connectivity index (χ0n) is 15.4. The Morgan fingerprint density at radius 1 is 0.893 bits per heavy atom. The molecule has 0 bridgehead atoms. The average Bonchev–Trinajstić information content (AvgIpc) is 2.74. The molecule has 0 heterocycles. The molecule has 0 aliphatic rings. The lowest BCUT2D eigenvalue weighted by Gasteiger charge is -2.07. The van der Waals surface area contributed by atoms with E-state index in [0.29, 0.717) is 12.1 Å². The van der Waals surface area contributed by atoms with Gasteiger partial charge < -0.3 is 10.4 Å². The van der Waals surface area contributed by atoms with Crippen molar-refractivity contribution in [3.05, 3.63) is 84.4 Å². The molecule has 140 valence electrons. The van der Waals surface area contributed by atoms with E-state index >= 15 is 0 Å². The third-order valence-electron chi connectivity index (χ3n) is 4.51. The van der Waals surface area contributed by atoms with Crippen molar-refractivity contribution in [2.45, 2.75) is 12.6 Å². The third-order valence-corrected chi connectivity index (χ3v) is 5.10. The van der Waals surface area contributed by atoms with Crippen molar-refractivity contribution < 1.29 is 14.5 Å². The van der Waals surface area contributed by atoms with Gasteiger partial charge in [-0.15, -0.1) is 0 Å². The van der Waals surface area contributed by atoms with E-state index in [1.54, 1.807) is 12.1 Å². The molecule has 4 rings (SSSR count). The number of amides is 1. The first-order chi connectivity index (χ1) is 13.6. The zero-order valence-corrected chi connectivity index (χ0v) is 16.3. The van der Waals surface area contributed by atoms with Gasteiger partial charge in [-0.2, -0.15) is 0 Å². The second-order valence-corrected chi connectivity index (χ2v) is 7.31. The first kappa shape index (κ1) is 19.5. The van der Waals surface area contributed by atoms with Gasteiger partial charge in [-0.1, -0.05) is 66.7 Å². The number of anilines is 1. The van der Waals surface area contributed by atoms with Crippen LogP contribution < -0.4 is 5.32 Å². The van der Waals surface area contributed by atoms with E-state index in [-0.39, 0.29) is 19.9 Å². The molecule has 28 heavy (non-hydrogen) atoms. The molecule has 4 nitrogen and oxygen atoms in total. The number of carbonyl (C=O) groups excluding carboxylic acids is 1. The molecular formula is C23H20NO3P. The monoisotopic (exact) mass is 389 g/mol. The number of hydrogen-bond acceptors (Lipinski definition) is 3. The number of rotatable bonds is 4. The number of phenolic OH excluding ortho intramolecular Hbond substituents is 1. The number of nitrogens with one attached hydrogen (secondary N) is 1. The number of benzene rings is 4. The van der Waals surface area contributed by atoms with Crippen LogP contribution in [-0.2, 0) is 9.36 Å². The predicted molar refractivity (Wildman–Crippen MR) is 115 cm³/mol. The SMILES string of the molecule is CC(P=O)c1cccc2ccccc12.O=CNc1cc2ccccc2cc1O. The molecule has 5 heteroatoms. The molecule has 0 saturated carbocycles. The van der Waals surface area contributed by atoms with Crippen molar-refractivity contribution in [1.29, 1.82) is 0 Å². The largest absolute Gasteiger partial charge is 0.506 e. The average molecular weight is 389 g/mol. The topological polar surface area (TPSA) is 66.4 Å². The van der Waals surface area contributed by atoms with Gasteiger partial charge in [0.15, 0.2) is 8.46 Å². The summed E-state index contributed by atoms with van der Waals surface area (Å²) >= 11 is 0. The Kier molecular flexibility index (Phi) is 6.36. The van der Waals surface area contributed by atoms with E-state index in [9.17, 15) is 14.5 Å². The summed E-state index contributed by atoms with van der Waals surface area (Å²) < 4.78 is 10.8. The maximum Gasteiger partial charge on any atom is 0.211 e. The van der Waals surface area contributed by atoms with Gasteiger partial charge in [0.25, 0.3) is 0 Å². The first-order valence-corrected chi connectivity index (χ1v) is 9.74. The Hall–Kier alpha value is -3.23. The van der Waals surface area contributed by atoms with Crippen molar-refractivity contribution in [3.8, 4) is 5.75 Å².